The van der Waals surface area contributed by atoms with E-state index in [-0.39, 0.29) is 16.3 Å². The smallest absolute Gasteiger partial charge is 0.262 e. The lowest BCUT2D eigenvalue weighted by Crippen LogP contribution is -2.41. The predicted molar refractivity (Wildman–Crippen MR) is 74.7 cm³/mol. The summed E-state index contributed by atoms with van der Waals surface area (Å²) in [7, 11) is -3.53. The summed E-state index contributed by atoms with van der Waals surface area (Å²) in [6.45, 7) is 7.20. The predicted octanol–water partition coefficient (Wildman–Crippen LogP) is 2.27. The number of sulfonamides is 1. The van der Waals surface area contributed by atoms with E-state index in [1.54, 1.807) is 6.92 Å². The van der Waals surface area contributed by atoms with E-state index in [0.29, 0.717) is 24.3 Å². The molecule has 1 aromatic heterocycles. The van der Waals surface area contributed by atoms with Crippen LogP contribution in [0.3, 0.4) is 0 Å². The van der Waals surface area contributed by atoms with Crippen molar-refractivity contribution in [3.63, 3.8) is 0 Å². The molecule has 0 unspecified atom stereocenters. The molecule has 1 fully saturated rings. The maximum Gasteiger partial charge on any atom is 0.262 e. The molecule has 1 aliphatic rings. The third-order valence-electron chi connectivity index (χ3n) is 3.83. The van der Waals surface area contributed by atoms with Gasteiger partial charge in [-0.2, -0.15) is 9.40 Å². The second-order valence-corrected chi connectivity index (χ2v) is 7.95. The van der Waals surface area contributed by atoms with Crippen LogP contribution in [-0.2, 0) is 15.9 Å². The molecule has 1 aliphatic heterocycles. The summed E-state index contributed by atoms with van der Waals surface area (Å²) >= 11 is 5.83. The van der Waals surface area contributed by atoms with Crippen LogP contribution in [0.4, 0.5) is 0 Å². The van der Waals surface area contributed by atoms with Gasteiger partial charge in [0.1, 0.15) is 0 Å². The van der Waals surface area contributed by atoms with Gasteiger partial charge in [-0.05, 0) is 25.2 Å². The fourth-order valence-corrected chi connectivity index (χ4v) is 4.27. The van der Waals surface area contributed by atoms with Crippen LogP contribution >= 0.6 is 11.6 Å². The normalized spacial score (nSPS) is 20.6. The number of hydrogen-bond acceptors (Lipinski definition) is 3. The first-order chi connectivity index (χ1) is 8.78. The van der Waals surface area contributed by atoms with Crippen LogP contribution in [0.1, 0.15) is 37.9 Å². The first kappa shape index (κ1) is 14.8. The molecule has 1 aromatic rings. The fraction of sp³-hybridized carbons (Fsp3) is 0.750. The minimum Gasteiger partial charge on any atom is -0.281 e. The Morgan fingerprint density at radius 3 is 2.47 bits per heavy atom. The third-order valence-corrected chi connectivity index (χ3v) is 5.97. The standard InChI is InChI=1S/C12H20ClN3O2S/c1-9-10(8-13)11(15-14-9)19(17,18)16-6-4-12(2,3)5-7-16/h4-8H2,1-3H3,(H,14,15). The molecule has 2 heterocycles. The number of nitrogens with one attached hydrogen (secondary N) is 1. The number of H-pyrrole nitrogens is 1. The summed E-state index contributed by atoms with van der Waals surface area (Å²) in [4.78, 5) is 0. The molecule has 7 heteroatoms. The summed E-state index contributed by atoms with van der Waals surface area (Å²) in [5.41, 5.74) is 1.50. The number of halogens is 1. The maximum absolute atomic E-state index is 12.6. The average molecular weight is 306 g/mol. The zero-order chi connectivity index (χ0) is 14.3. The monoisotopic (exact) mass is 305 g/mol. The Kier molecular flexibility index (Phi) is 3.95. The molecule has 5 nitrogen and oxygen atoms in total. The van der Waals surface area contributed by atoms with E-state index in [9.17, 15) is 8.42 Å². The van der Waals surface area contributed by atoms with E-state index >= 15 is 0 Å². The van der Waals surface area contributed by atoms with E-state index < -0.39 is 10.0 Å². The van der Waals surface area contributed by atoms with E-state index in [1.807, 2.05) is 0 Å². The van der Waals surface area contributed by atoms with Gasteiger partial charge in [-0.25, -0.2) is 8.42 Å². The number of aromatic amines is 1. The van der Waals surface area contributed by atoms with Crippen molar-refractivity contribution >= 4 is 21.6 Å². The molecule has 0 amide bonds. The van der Waals surface area contributed by atoms with Gasteiger partial charge in [0, 0.05) is 24.3 Å². The van der Waals surface area contributed by atoms with Crippen LogP contribution in [0.5, 0.6) is 0 Å². The molecule has 1 N–H and O–H groups in total. The lowest BCUT2D eigenvalue weighted by molar-refractivity contribution is 0.195. The number of aromatic nitrogens is 2. The van der Waals surface area contributed by atoms with Crippen molar-refractivity contribution < 1.29 is 8.42 Å². The molecule has 0 bridgehead atoms. The first-order valence-corrected chi connectivity index (χ1v) is 8.35. The van der Waals surface area contributed by atoms with E-state index in [2.05, 4.69) is 24.0 Å². The molecule has 2 rings (SSSR count). The lowest BCUT2D eigenvalue weighted by atomic mass is 9.83. The zero-order valence-corrected chi connectivity index (χ0v) is 13.1. The van der Waals surface area contributed by atoms with Crippen molar-refractivity contribution in [1.29, 1.82) is 0 Å². The number of hydrogen-bond donors (Lipinski definition) is 1. The Labute approximate surface area is 119 Å². The Bertz CT molecular complexity index is 556. The highest BCUT2D eigenvalue weighted by Gasteiger charge is 2.35. The zero-order valence-electron chi connectivity index (χ0n) is 11.5. The van der Waals surface area contributed by atoms with Gasteiger partial charge in [-0.3, -0.25) is 5.10 Å². The van der Waals surface area contributed by atoms with Crippen LogP contribution in [0.2, 0.25) is 0 Å². The van der Waals surface area contributed by atoms with Crippen molar-refractivity contribution in [2.24, 2.45) is 5.41 Å². The summed E-state index contributed by atoms with van der Waals surface area (Å²) in [5.74, 6) is 0.149. The van der Waals surface area contributed by atoms with Gasteiger partial charge in [-0.15, -0.1) is 11.6 Å². The Morgan fingerprint density at radius 2 is 1.95 bits per heavy atom. The molecule has 0 saturated carbocycles. The molecule has 108 valence electrons. The fourth-order valence-electron chi connectivity index (χ4n) is 2.25. The number of nitrogens with zero attached hydrogens (tertiary/aromatic N) is 2. The van der Waals surface area contributed by atoms with Crippen molar-refractivity contribution in [1.82, 2.24) is 14.5 Å². The van der Waals surface area contributed by atoms with Crippen molar-refractivity contribution in [3.05, 3.63) is 11.3 Å². The van der Waals surface area contributed by atoms with Gasteiger partial charge < -0.3 is 0 Å². The minimum atomic E-state index is -3.53. The summed E-state index contributed by atoms with van der Waals surface area (Å²) in [5, 5.41) is 6.72. The second kappa shape index (κ2) is 5.07. The maximum atomic E-state index is 12.6. The molecule has 0 aliphatic carbocycles. The quantitative estimate of drug-likeness (QED) is 0.871. The van der Waals surface area contributed by atoms with Crippen LogP contribution < -0.4 is 0 Å². The highest BCUT2D eigenvalue weighted by atomic mass is 35.5. The molecule has 0 radical (unpaired) electrons. The second-order valence-electron chi connectivity index (χ2n) is 5.83. The minimum absolute atomic E-state index is 0.0831. The molecule has 0 spiro atoms. The van der Waals surface area contributed by atoms with Gasteiger partial charge in [0.25, 0.3) is 10.0 Å². The summed E-state index contributed by atoms with van der Waals surface area (Å²) in [6.07, 6.45) is 1.73. The molecule has 19 heavy (non-hydrogen) atoms. The largest absolute Gasteiger partial charge is 0.281 e. The van der Waals surface area contributed by atoms with Gasteiger partial charge in [0.05, 0.1) is 5.88 Å². The molecule has 1 saturated heterocycles. The topological polar surface area (TPSA) is 66.1 Å². The Balaban J connectivity index is 2.28. The lowest BCUT2D eigenvalue weighted by Gasteiger charge is -2.35. The van der Waals surface area contributed by atoms with Crippen molar-refractivity contribution in [3.8, 4) is 0 Å². The van der Waals surface area contributed by atoms with Crippen LogP contribution in [-0.4, -0.2) is 36.0 Å². The van der Waals surface area contributed by atoms with E-state index in [1.165, 1.54) is 4.31 Å². The third kappa shape index (κ3) is 2.80. The van der Waals surface area contributed by atoms with Crippen molar-refractivity contribution in [2.75, 3.05) is 13.1 Å². The highest BCUT2D eigenvalue weighted by molar-refractivity contribution is 7.89. The van der Waals surface area contributed by atoms with Gasteiger partial charge in [-0.1, -0.05) is 13.8 Å². The van der Waals surface area contributed by atoms with Crippen LogP contribution in [0.15, 0.2) is 5.03 Å². The van der Waals surface area contributed by atoms with Gasteiger partial charge in [0.2, 0.25) is 0 Å². The summed E-state index contributed by atoms with van der Waals surface area (Å²) in [6, 6.07) is 0. The first-order valence-electron chi connectivity index (χ1n) is 6.38. The molecule has 0 aromatic carbocycles. The van der Waals surface area contributed by atoms with Crippen LogP contribution in [0.25, 0.3) is 0 Å². The molecular formula is C12H20ClN3O2S. The highest BCUT2D eigenvalue weighted by Crippen LogP contribution is 2.33. The Morgan fingerprint density at radius 1 is 1.37 bits per heavy atom. The Hall–Kier alpha value is -0.590. The average Bonchev–Trinajstić information content (AvgIpc) is 2.70. The van der Waals surface area contributed by atoms with Crippen LogP contribution in [0, 0.1) is 12.3 Å². The van der Waals surface area contributed by atoms with Gasteiger partial charge in [0.15, 0.2) is 5.03 Å². The number of rotatable bonds is 3. The number of aryl methyl sites for hydroxylation is 1. The molecular weight excluding hydrogens is 286 g/mol. The van der Waals surface area contributed by atoms with Crippen molar-refractivity contribution in [2.45, 2.75) is 44.5 Å². The van der Waals surface area contributed by atoms with E-state index in [0.717, 1.165) is 12.8 Å². The number of alkyl halides is 1. The molecule has 0 atom stereocenters. The summed E-state index contributed by atoms with van der Waals surface area (Å²) < 4.78 is 26.7. The number of piperidine rings is 1. The SMILES string of the molecule is Cc1[nH]nc(S(=O)(=O)N2CCC(C)(C)CC2)c1CCl. The van der Waals surface area contributed by atoms with E-state index in [4.69, 9.17) is 11.6 Å². The van der Waals surface area contributed by atoms with Gasteiger partial charge >= 0.3 is 0 Å².